The summed E-state index contributed by atoms with van der Waals surface area (Å²) in [4.78, 5) is 12.4. The largest absolute Gasteiger partial charge is 0.494 e. The molecule has 0 atom stereocenters. The van der Waals surface area contributed by atoms with Crippen LogP contribution in [0.5, 0.6) is 17.2 Å². The van der Waals surface area contributed by atoms with Gasteiger partial charge in [-0.2, -0.15) is 4.31 Å². The highest BCUT2D eigenvalue weighted by molar-refractivity contribution is 7.89. The fraction of sp³-hybridized carbons (Fsp3) is 0.350. The van der Waals surface area contributed by atoms with Crippen molar-refractivity contribution in [3.63, 3.8) is 0 Å². The van der Waals surface area contributed by atoms with Gasteiger partial charge in [0.2, 0.25) is 15.9 Å². The van der Waals surface area contributed by atoms with Crippen LogP contribution in [0.2, 0.25) is 0 Å². The van der Waals surface area contributed by atoms with E-state index in [4.69, 9.17) is 14.2 Å². The summed E-state index contributed by atoms with van der Waals surface area (Å²) in [7, 11) is 0.526. The smallest absolute Gasteiger partial charge is 0.243 e. The number of likely N-dealkylation sites (N-methyl/N-ethyl adjacent to an activating group) is 1. The lowest BCUT2D eigenvalue weighted by molar-refractivity contribution is -0.116. The number of benzene rings is 2. The summed E-state index contributed by atoms with van der Waals surface area (Å²) in [5.74, 6) is 1.12. The maximum absolute atomic E-state index is 12.8. The number of ether oxygens (including phenoxy) is 3. The Hall–Kier alpha value is -2.78. The molecule has 0 saturated carbocycles. The Labute approximate surface area is 171 Å². The molecule has 2 aromatic rings. The number of carbonyl (C=O) groups excluding carboxylic acids is 1. The van der Waals surface area contributed by atoms with E-state index in [1.807, 2.05) is 6.92 Å². The Kier molecular flexibility index (Phi) is 7.46. The molecule has 158 valence electrons. The van der Waals surface area contributed by atoms with Gasteiger partial charge < -0.3 is 19.5 Å². The van der Waals surface area contributed by atoms with Gasteiger partial charge in [-0.15, -0.1) is 0 Å². The van der Waals surface area contributed by atoms with Crippen LogP contribution < -0.4 is 19.5 Å². The summed E-state index contributed by atoms with van der Waals surface area (Å²) in [5, 5.41) is 2.66. The average molecular weight is 423 g/mol. The number of hydrogen-bond donors (Lipinski definition) is 1. The first-order valence-corrected chi connectivity index (χ1v) is 10.4. The van der Waals surface area contributed by atoms with Crippen LogP contribution in [-0.4, -0.2) is 53.0 Å². The molecular weight excluding hydrogens is 396 g/mol. The Bertz CT molecular complexity index is 975. The van der Waals surface area contributed by atoms with Crippen molar-refractivity contribution in [1.82, 2.24) is 4.31 Å². The number of nitrogens with one attached hydrogen (secondary N) is 1. The first-order valence-electron chi connectivity index (χ1n) is 8.94. The van der Waals surface area contributed by atoms with Gasteiger partial charge in [0.05, 0.1) is 32.3 Å². The van der Waals surface area contributed by atoms with Crippen LogP contribution in [0.1, 0.15) is 12.5 Å². The maximum atomic E-state index is 12.8. The lowest BCUT2D eigenvalue weighted by Gasteiger charge is -2.18. The molecule has 8 nitrogen and oxygen atoms in total. The number of carbonyl (C=O) groups is 1. The zero-order chi connectivity index (χ0) is 21.6. The molecule has 2 aromatic carbocycles. The second-order valence-corrected chi connectivity index (χ2v) is 8.28. The molecule has 0 bridgehead atoms. The van der Waals surface area contributed by atoms with Gasteiger partial charge in [0.1, 0.15) is 5.75 Å². The monoisotopic (exact) mass is 422 g/mol. The number of nitrogens with zero attached hydrogens (tertiary/aromatic N) is 1. The molecule has 0 saturated heterocycles. The normalized spacial score (nSPS) is 11.2. The molecule has 0 aliphatic carbocycles. The Balaban J connectivity index is 2.11. The van der Waals surface area contributed by atoms with Crippen molar-refractivity contribution in [2.75, 3.05) is 39.7 Å². The molecule has 0 aliphatic rings. The van der Waals surface area contributed by atoms with Crippen molar-refractivity contribution in [3.8, 4) is 17.2 Å². The number of hydrogen-bond acceptors (Lipinski definition) is 6. The van der Waals surface area contributed by atoms with Gasteiger partial charge >= 0.3 is 0 Å². The van der Waals surface area contributed by atoms with Crippen LogP contribution in [0.3, 0.4) is 0 Å². The van der Waals surface area contributed by atoms with E-state index in [9.17, 15) is 13.2 Å². The van der Waals surface area contributed by atoms with Crippen molar-refractivity contribution in [3.05, 3.63) is 42.0 Å². The van der Waals surface area contributed by atoms with Gasteiger partial charge in [0.25, 0.3) is 0 Å². The predicted molar refractivity (Wildman–Crippen MR) is 110 cm³/mol. The average Bonchev–Trinajstić information content (AvgIpc) is 2.69. The van der Waals surface area contributed by atoms with Gasteiger partial charge in [0, 0.05) is 18.8 Å². The highest BCUT2D eigenvalue weighted by atomic mass is 32.2. The molecule has 0 aromatic heterocycles. The maximum Gasteiger partial charge on any atom is 0.243 e. The number of sulfonamides is 1. The van der Waals surface area contributed by atoms with E-state index in [-0.39, 0.29) is 11.4 Å². The lowest BCUT2D eigenvalue weighted by atomic mass is 10.2. The van der Waals surface area contributed by atoms with Crippen molar-refractivity contribution < 1.29 is 27.4 Å². The summed E-state index contributed by atoms with van der Waals surface area (Å²) in [6, 6.07) is 9.50. The van der Waals surface area contributed by atoms with Gasteiger partial charge in [-0.1, -0.05) is 0 Å². The SMILES string of the molecule is CCOc1ccc(S(=O)(=O)N(C)CC(=O)Nc2ccc(OC)c(OC)c2)cc1C. The zero-order valence-corrected chi connectivity index (χ0v) is 18.0. The third kappa shape index (κ3) is 5.39. The van der Waals surface area contributed by atoms with Crippen molar-refractivity contribution in [2.45, 2.75) is 18.7 Å². The Morgan fingerprint density at radius 2 is 1.69 bits per heavy atom. The Morgan fingerprint density at radius 3 is 2.28 bits per heavy atom. The number of methoxy groups -OCH3 is 2. The molecule has 1 amide bonds. The van der Waals surface area contributed by atoms with E-state index in [1.165, 1.54) is 33.4 Å². The molecule has 9 heteroatoms. The van der Waals surface area contributed by atoms with E-state index in [0.29, 0.717) is 35.1 Å². The highest BCUT2D eigenvalue weighted by Gasteiger charge is 2.24. The van der Waals surface area contributed by atoms with Gasteiger partial charge in [-0.3, -0.25) is 4.79 Å². The van der Waals surface area contributed by atoms with Gasteiger partial charge in [0.15, 0.2) is 11.5 Å². The van der Waals surface area contributed by atoms with E-state index in [1.54, 1.807) is 31.2 Å². The predicted octanol–water partition coefficient (Wildman–Crippen LogP) is 2.67. The minimum Gasteiger partial charge on any atom is -0.494 e. The van der Waals surface area contributed by atoms with E-state index in [0.717, 1.165) is 4.31 Å². The fourth-order valence-electron chi connectivity index (χ4n) is 2.68. The molecule has 29 heavy (non-hydrogen) atoms. The van der Waals surface area contributed by atoms with Gasteiger partial charge in [-0.25, -0.2) is 8.42 Å². The van der Waals surface area contributed by atoms with E-state index >= 15 is 0 Å². The number of amides is 1. The number of aryl methyl sites for hydroxylation is 1. The van der Waals surface area contributed by atoms with Crippen LogP contribution in [-0.2, 0) is 14.8 Å². The first-order chi connectivity index (χ1) is 13.7. The highest BCUT2D eigenvalue weighted by Crippen LogP contribution is 2.29. The van der Waals surface area contributed by atoms with E-state index < -0.39 is 15.9 Å². The minimum absolute atomic E-state index is 0.0971. The molecule has 1 N–H and O–H groups in total. The van der Waals surface area contributed by atoms with Crippen molar-refractivity contribution in [1.29, 1.82) is 0 Å². The second-order valence-electron chi connectivity index (χ2n) is 6.24. The quantitative estimate of drug-likeness (QED) is 0.668. The molecule has 0 aliphatic heterocycles. The van der Waals surface area contributed by atoms with Crippen LogP contribution >= 0.6 is 0 Å². The molecule has 0 radical (unpaired) electrons. The molecule has 2 rings (SSSR count). The fourth-order valence-corrected chi connectivity index (χ4v) is 3.89. The summed E-state index contributed by atoms with van der Waals surface area (Å²) in [6.07, 6.45) is 0. The molecular formula is C20H26N2O6S. The molecule has 0 unspecified atom stereocenters. The third-order valence-corrected chi connectivity index (χ3v) is 5.99. The third-order valence-electron chi connectivity index (χ3n) is 4.19. The minimum atomic E-state index is -3.83. The van der Waals surface area contributed by atoms with Crippen molar-refractivity contribution >= 4 is 21.6 Å². The number of anilines is 1. The summed E-state index contributed by atoms with van der Waals surface area (Å²) >= 11 is 0. The topological polar surface area (TPSA) is 94.2 Å². The first kappa shape index (κ1) is 22.5. The van der Waals surface area contributed by atoms with Crippen LogP contribution in [0, 0.1) is 6.92 Å². The zero-order valence-electron chi connectivity index (χ0n) is 17.2. The van der Waals surface area contributed by atoms with Crippen LogP contribution in [0.4, 0.5) is 5.69 Å². The molecule has 0 fully saturated rings. The van der Waals surface area contributed by atoms with Crippen LogP contribution in [0.15, 0.2) is 41.3 Å². The van der Waals surface area contributed by atoms with Gasteiger partial charge in [-0.05, 0) is 49.7 Å². The summed E-state index contributed by atoms with van der Waals surface area (Å²) in [5.41, 5.74) is 1.17. The van der Waals surface area contributed by atoms with Crippen molar-refractivity contribution in [2.24, 2.45) is 0 Å². The lowest BCUT2D eigenvalue weighted by Crippen LogP contribution is -2.35. The van der Waals surface area contributed by atoms with E-state index in [2.05, 4.69) is 5.32 Å². The summed E-state index contributed by atoms with van der Waals surface area (Å²) in [6.45, 7) is 3.77. The standard InChI is InChI=1S/C20H26N2O6S/c1-6-28-17-10-8-16(11-14(17)2)29(24,25)22(3)13-20(23)21-15-7-9-18(26-4)19(12-15)27-5/h7-12H,6,13H2,1-5H3,(H,21,23). The second kappa shape index (κ2) is 9.62. The summed E-state index contributed by atoms with van der Waals surface area (Å²) < 4.78 is 42.4. The van der Waals surface area contributed by atoms with Crippen LogP contribution in [0.25, 0.3) is 0 Å². The molecule has 0 spiro atoms. The molecule has 0 heterocycles. The Morgan fingerprint density at radius 1 is 1.03 bits per heavy atom. The number of rotatable bonds is 9.